The lowest BCUT2D eigenvalue weighted by molar-refractivity contribution is -0.385. The van der Waals surface area contributed by atoms with Gasteiger partial charge in [-0.05, 0) is 31.7 Å². The number of hydrogen-bond donors (Lipinski definition) is 2. The molecule has 1 fully saturated rings. The van der Waals surface area contributed by atoms with Crippen LogP contribution in [-0.4, -0.2) is 28.1 Å². The lowest BCUT2D eigenvalue weighted by atomic mass is 9.80. The predicted octanol–water partition coefficient (Wildman–Crippen LogP) is 1.69. The zero-order chi connectivity index (χ0) is 14.9. The average Bonchev–Trinajstić information content (AvgIpc) is 2.36. The molecule has 0 saturated heterocycles. The van der Waals surface area contributed by atoms with Crippen molar-refractivity contribution in [2.24, 2.45) is 0 Å². The minimum absolute atomic E-state index is 0.0208. The van der Waals surface area contributed by atoms with Crippen LogP contribution in [0.4, 0.5) is 10.1 Å². The van der Waals surface area contributed by atoms with Gasteiger partial charge in [0.25, 0.3) is 11.6 Å². The summed E-state index contributed by atoms with van der Waals surface area (Å²) in [5.41, 5.74) is -1.61. The van der Waals surface area contributed by atoms with Gasteiger partial charge in [0.1, 0.15) is 5.82 Å². The fourth-order valence-electron chi connectivity index (χ4n) is 2.12. The summed E-state index contributed by atoms with van der Waals surface area (Å²) in [7, 11) is 0. The molecular weight excluding hydrogens is 267 g/mol. The Labute approximate surface area is 114 Å². The van der Waals surface area contributed by atoms with Crippen LogP contribution in [0.5, 0.6) is 0 Å². The van der Waals surface area contributed by atoms with Crippen LogP contribution < -0.4 is 5.32 Å². The van der Waals surface area contributed by atoms with Crippen LogP contribution in [0.25, 0.3) is 0 Å². The molecule has 0 bridgehead atoms. The van der Waals surface area contributed by atoms with Crippen LogP contribution in [0, 0.1) is 22.9 Å². The van der Waals surface area contributed by atoms with Gasteiger partial charge in [-0.25, -0.2) is 4.39 Å². The van der Waals surface area contributed by atoms with Gasteiger partial charge in [0.05, 0.1) is 16.1 Å². The smallest absolute Gasteiger partial charge is 0.270 e. The molecule has 20 heavy (non-hydrogen) atoms. The van der Waals surface area contributed by atoms with Gasteiger partial charge in [0, 0.05) is 18.7 Å². The molecule has 1 aliphatic carbocycles. The van der Waals surface area contributed by atoms with Gasteiger partial charge in [-0.2, -0.15) is 0 Å². The van der Waals surface area contributed by atoms with Crippen molar-refractivity contribution in [3.05, 3.63) is 39.2 Å². The number of nitro benzene ring substituents is 1. The van der Waals surface area contributed by atoms with Crippen molar-refractivity contribution in [2.45, 2.75) is 31.8 Å². The van der Waals surface area contributed by atoms with E-state index in [9.17, 15) is 24.4 Å². The molecule has 1 amide bonds. The van der Waals surface area contributed by atoms with E-state index in [0.29, 0.717) is 12.8 Å². The summed E-state index contributed by atoms with van der Waals surface area (Å²) >= 11 is 0. The number of hydrogen-bond acceptors (Lipinski definition) is 4. The fraction of sp³-hybridized carbons (Fsp3) is 0.462. The Kier molecular flexibility index (Phi) is 3.71. The molecule has 6 nitrogen and oxygen atoms in total. The Morgan fingerprint density at radius 2 is 2.20 bits per heavy atom. The number of carbonyl (C=O) groups is 1. The van der Waals surface area contributed by atoms with E-state index >= 15 is 0 Å². The molecule has 1 saturated carbocycles. The highest BCUT2D eigenvalue weighted by atomic mass is 19.1. The highest BCUT2D eigenvalue weighted by molar-refractivity contribution is 5.95. The highest BCUT2D eigenvalue weighted by Crippen LogP contribution is 2.30. The second-order valence-electron chi connectivity index (χ2n) is 5.14. The monoisotopic (exact) mass is 282 g/mol. The number of nitrogens with zero attached hydrogens (tertiary/aromatic N) is 1. The predicted molar refractivity (Wildman–Crippen MR) is 68.9 cm³/mol. The minimum Gasteiger partial charge on any atom is -0.388 e. The van der Waals surface area contributed by atoms with Crippen LogP contribution in [0.3, 0.4) is 0 Å². The van der Waals surface area contributed by atoms with Gasteiger partial charge in [0.15, 0.2) is 0 Å². The lowest BCUT2D eigenvalue weighted by Gasteiger charge is -2.36. The fourth-order valence-corrected chi connectivity index (χ4v) is 2.12. The zero-order valence-corrected chi connectivity index (χ0v) is 11.0. The molecule has 0 atom stereocenters. The summed E-state index contributed by atoms with van der Waals surface area (Å²) < 4.78 is 13.9. The van der Waals surface area contributed by atoms with E-state index in [1.165, 1.54) is 6.92 Å². The molecule has 0 heterocycles. The van der Waals surface area contributed by atoms with Crippen molar-refractivity contribution in [1.82, 2.24) is 5.32 Å². The van der Waals surface area contributed by atoms with Gasteiger partial charge in [-0.3, -0.25) is 14.9 Å². The topological polar surface area (TPSA) is 92.5 Å². The first-order valence-corrected chi connectivity index (χ1v) is 6.27. The zero-order valence-electron chi connectivity index (χ0n) is 11.0. The molecule has 1 aromatic carbocycles. The standard InChI is InChI=1S/C13H15FN2O4/c1-8-5-9(16(19)20)6-10(11(8)14)12(17)15-7-13(18)3-2-4-13/h5-6,18H,2-4,7H2,1H3,(H,15,17). The molecule has 1 aliphatic rings. The molecule has 2 rings (SSSR count). The van der Waals surface area contributed by atoms with Gasteiger partial charge in [0.2, 0.25) is 0 Å². The normalized spacial score (nSPS) is 16.4. The van der Waals surface area contributed by atoms with Crippen molar-refractivity contribution in [2.75, 3.05) is 6.54 Å². The van der Waals surface area contributed by atoms with Crippen molar-refractivity contribution in [3.63, 3.8) is 0 Å². The van der Waals surface area contributed by atoms with E-state index in [1.54, 1.807) is 0 Å². The number of nitrogens with one attached hydrogen (secondary N) is 1. The van der Waals surface area contributed by atoms with Crippen LogP contribution in [-0.2, 0) is 0 Å². The minimum atomic E-state index is -0.929. The van der Waals surface area contributed by atoms with E-state index in [2.05, 4.69) is 5.32 Å². The van der Waals surface area contributed by atoms with Crippen LogP contribution in [0.15, 0.2) is 12.1 Å². The quantitative estimate of drug-likeness (QED) is 0.649. The summed E-state index contributed by atoms with van der Waals surface area (Å²) in [5.74, 6) is -1.54. The summed E-state index contributed by atoms with van der Waals surface area (Å²) in [4.78, 5) is 21.9. The van der Waals surface area contributed by atoms with Crippen LogP contribution >= 0.6 is 0 Å². The molecule has 7 heteroatoms. The maximum atomic E-state index is 13.9. The summed E-state index contributed by atoms with van der Waals surface area (Å²) in [5, 5.41) is 23.0. The number of non-ortho nitro benzene ring substituents is 1. The summed E-state index contributed by atoms with van der Waals surface area (Å²) in [6.07, 6.45) is 2.06. The maximum Gasteiger partial charge on any atom is 0.270 e. The molecule has 0 aliphatic heterocycles. The van der Waals surface area contributed by atoms with Gasteiger partial charge >= 0.3 is 0 Å². The van der Waals surface area contributed by atoms with Crippen molar-refractivity contribution in [3.8, 4) is 0 Å². The van der Waals surface area contributed by atoms with Gasteiger partial charge < -0.3 is 10.4 Å². The number of halogens is 1. The van der Waals surface area contributed by atoms with Crippen molar-refractivity contribution < 1.29 is 19.2 Å². The van der Waals surface area contributed by atoms with Gasteiger partial charge in [-0.15, -0.1) is 0 Å². The first-order valence-electron chi connectivity index (χ1n) is 6.27. The molecule has 108 valence electrons. The van der Waals surface area contributed by atoms with Crippen molar-refractivity contribution in [1.29, 1.82) is 0 Å². The number of amides is 1. The number of benzene rings is 1. The molecule has 1 aromatic rings. The molecule has 2 N–H and O–H groups in total. The largest absolute Gasteiger partial charge is 0.388 e. The molecule has 0 radical (unpaired) electrons. The Morgan fingerprint density at radius 1 is 1.55 bits per heavy atom. The van der Waals surface area contributed by atoms with E-state index in [-0.39, 0.29) is 23.4 Å². The summed E-state index contributed by atoms with van der Waals surface area (Å²) in [6.45, 7) is 1.38. The summed E-state index contributed by atoms with van der Waals surface area (Å²) in [6, 6.07) is 1.98. The van der Waals surface area contributed by atoms with Crippen LogP contribution in [0.1, 0.15) is 35.2 Å². The third-order valence-electron chi connectivity index (χ3n) is 3.56. The lowest BCUT2D eigenvalue weighted by Crippen LogP contribution is -2.47. The second-order valence-corrected chi connectivity index (χ2v) is 5.14. The molecular formula is C13H15FN2O4. The van der Waals surface area contributed by atoms with E-state index in [0.717, 1.165) is 18.6 Å². The highest BCUT2D eigenvalue weighted by Gasteiger charge is 2.34. The van der Waals surface area contributed by atoms with E-state index in [4.69, 9.17) is 0 Å². The second kappa shape index (κ2) is 5.16. The SMILES string of the molecule is Cc1cc([N+](=O)[O-])cc(C(=O)NCC2(O)CCC2)c1F. The Hall–Kier alpha value is -2.02. The number of rotatable bonds is 4. The Balaban J connectivity index is 2.18. The Bertz CT molecular complexity index is 570. The van der Waals surface area contributed by atoms with E-state index in [1.807, 2.05) is 0 Å². The first-order chi connectivity index (χ1) is 9.32. The number of nitro groups is 1. The number of carbonyl (C=O) groups excluding carboxylic acids is 1. The average molecular weight is 282 g/mol. The van der Waals surface area contributed by atoms with Gasteiger partial charge in [-0.1, -0.05) is 0 Å². The third kappa shape index (κ3) is 2.77. The third-order valence-corrected chi connectivity index (χ3v) is 3.56. The first kappa shape index (κ1) is 14.4. The molecule has 0 aromatic heterocycles. The molecule has 0 spiro atoms. The Morgan fingerprint density at radius 3 is 2.70 bits per heavy atom. The van der Waals surface area contributed by atoms with Crippen LogP contribution in [0.2, 0.25) is 0 Å². The van der Waals surface area contributed by atoms with E-state index < -0.39 is 22.2 Å². The number of aryl methyl sites for hydroxylation is 1. The number of aliphatic hydroxyl groups is 1. The molecule has 0 unspecified atom stereocenters. The maximum absolute atomic E-state index is 13.9. The van der Waals surface area contributed by atoms with Crippen molar-refractivity contribution >= 4 is 11.6 Å².